The normalized spacial score (nSPS) is 16.2. The molecule has 1 saturated carbocycles. The van der Waals surface area contributed by atoms with Crippen molar-refractivity contribution in [3.05, 3.63) is 29.8 Å². The van der Waals surface area contributed by atoms with E-state index in [4.69, 9.17) is 5.73 Å². The first-order valence-electron chi connectivity index (χ1n) is 5.30. The summed E-state index contributed by atoms with van der Waals surface area (Å²) in [6, 6.07) is 3.44. The monoisotopic (exact) mass is 222 g/mol. The van der Waals surface area contributed by atoms with E-state index in [1.165, 1.54) is 6.07 Å². The van der Waals surface area contributed by atoms with Gasteiger partial charge >= 0.3 is 0 Å². The van der Waals surface area contributed by atoms with Crippen molar-refractivity contribution in [2.45, 2.75) is 25.4 Å². The quantitative estimate of drug-likeness (QED) is 0.616. The molecule has 0 spiro atoms. The van der Waals surface area contributed by atoms with Crippen LogP contribution >= 0.6 is 0 Å². The van der Waals surface area contributed by atoms with E-state index in [1.54, 1.807) is 12.3 Å². The second kappa shape index (κ2) is 4.47. The van der Waals surface area contributed by atoms with E-state index in [9.17, 15) is 4.39 Å². The largest absolute Gasteiger partial charge is 0.370 e. The number of hydrogen-bond acceptors (Lipinski definition) is 2. The van der Waals surface area contributed by atoms with Gasteiger partial charge in [0.25, 0.3) is 0 Å². The summed E-state index contributed by atoms with van der Waals surface area (Å²) in [5.74, 6) is 0.112. The molecule has 1 aliphatic rings. The molecule has 0 aliphatic heterocycles. The lowest BCUT2D eigenvalue weighted by Gasteiger charge is -2.16. The lowest BCUT2D eigenvalue weighted by Crippen LogP contribution is -2.35. The molecule has 0 aromatic carbocycles. The standard InChI is InChI=1S/C11H15FN4/c1-16(8-4-5-8)11(13)15-7-10-9(12)3-2-6-14-10/h2-3,6,8H,4-5,7H2,1H3,(H2,13,15). The van der Waals surface area contributed by atoms with Crippen LogP contribution in [0.2, 0.25) is 0 Å². The van der Waals surface area contributed by atoms with Gasteiger partial charge in [-0.05, 0) is 25.0 Å². The van der Waals surface area contributed by atoms with Gasteiger partial charge in [-0.15, -0.1) is 0 Å². The summed E-state index contributed by atoms with van der Waals surface area (Å²) in [4.78, 5) is 9.98. The molecule has 1 aromatic heterocycles. The maximum absolute atomic E-state index is 13.2. The minimum absolute atomic E-state index is 0.190. The molecule has 0 radical (unpaired) electrons. The molecule has 0 bridgehead atoms. The fourth-order valence-corrected chi connectivity index (χ4v) is 1.45. The minimum Gasteiger partial charge on any atom is -0.370 e. The molecule has 0 unspecified atom stereocenters. The molecular formula is C11H15FN4. The molecule has 5 heteroatoms. The molecule has 86 valence electrons. The zero-order chi connectivity index (χ0) is 11.5. The molecule has 1 aromatic rings. The lowest BCUT2D eigenvalue weighted by molar-refractivity contribution is 0.486. The van der Waals surface area contributed by atoms with Gasteiger partial charge in [0, 0.05) is 19.3 Å². The van der Waals surface area contributed by atoms with Crippen LogP contribution in [0.3, 0.4) is 0 Å². The smallest absolute Gasteiger partial charge is 0.191 e. The third-order valence-corrected chi connectivity index (χ3v) is 2.68. The van der Waals surface area contributed by atoms with Gasteiger partial charge in [-0.25, -0.2) is 9.38 Å². The molecule has 1 fully saturated rings. The van der Waals surface area contributed by atoms with Gasteiger partial charge in [0.15, 0.2) is 5.96 Å². The molecule has 1 heterocycles. The predicted molar refractivity (Wildman–Crippen MR) is 60.3 cm³/mol. The molecule has 16 heavy (non-hydrogen) atoms. The third kappa shape index (κ3) is 2.48. The fourth-order valence-electron chi connectivity index (χ4n) is 1.45. The molecule has 0 saturated heterocycles. The van der Waals surface area contributed by atoms with Crippen LogP contribution in [0.4, 0.5) is 4.39 Å². The molecule has 0 amide bonds. The molecule has 0 atom stereocenters. The Morgan fingerprint density at radius 2 is 2.44 bits per heavy atom. The Kier molecular flexibility index (Phi) is 3.03. The van der Waals surface area contributed by atoms with Crippen molar-refractivity contribution < 1.29 is 4.39 Å². The second-order valence-electron chi connectivity index (χ2n) is 3.95. The van der Waals surface area contributed by atoms with Crippen molar-refractivity contribution in [3.8, 4) is 0 Å². The Hall–Kier alpha value is -1.65. The van der Waals surface area contributed by atoms with E-state index in [0.29, 0.717) is 17.7 Å². The number of nitrogens with zero attached hydrogens (tertiary/aromatic N) is 3. The average Bonchev–Trinajstić information content (AvgIpc) is 3.10. The molecule has 2 rings (SSSR count). The van der Waals surface area contributed by atoms with E-state index in [0.717, 1.165) is 12.8 Å². The Balaban J connectivity index is 1.99. The van der Waals surface area contributed by atoms with Gasteiger partial charge in [0.05, 0.1) is 12.2 Å². The minimum atomic E-state index is -0.340. The highest BCUT2D eigenvalue weighted by Crippen LogP contribution is 2.24. The molecule has 1 aliphatic carbocycles. The molecule has 2 N–H and O–H groups in total. The van der Waals surface area contributed by atoms with E-state index < -0.39 is 0 Å². The van der Waals surface area contributed by atoms with Crippen molar-refractivity contribution in [1.82, 2.24) is 9.88 Å². The van der Waals surface area contributed by atoms with Crippen LogP contribution in [0, 0.1) is 5.82 Å². The lowest BCUT2D eigenvalue weighted by atomic mass is 10.3. The van der Waals surface area contributed by atoms with E-state index in [2.05, 4.69) is 9.98 Å². The zero-order valence-corrected chi connectivity index (χ0v) is 9.23. The zero-order valence-electron chi connectivity index (χ0n) is 9.23. The second-order valence-corrected chi connectivity index (χ2v) is 3.95. The Morgan fingerprint density at radius 3 is 3.06 bits per heavy atom. The Morgan fingerprint density at radius 1 is 1.69 bits per heavy atom. The average molecular weight is 222 g/mol. The van der Waals surface area contributed by atoms with Crippen LogP contribution < -0.4 is 5.73 Å². The summed E-state index contributed by atoms with van der Waals surface area (Å²) in [6.45, 7) is 0.190. The summed E-state index contributed by atoms with van der Waals surface area (Å²) in [5, 5.41) is 0. The van der Waals surface area contributed by atoms with Gasteiger partial charge < -0.3 is 10.6 Å². The summed E-state index contributed by atoms with van der Waals surface area (Å²) in [6.07, 6.45) is 3.87. The fraction of sp³-hybridized carbons (Fsp3) is 0.455. The first kappa shape index (κ1) is 10.9. The predicted octanol–water partition coefficient (Wildman–Crippen LogP) is 1.13. The number of rotatable bonds is 3. The third-order valence-electron chi connectivity index (χ3n) is 2.68. The summed E-state index contributed by atoms with van der Waals surface area (Å²) in [7, 11) is 1.91. The Labute approximate surface area is 94.0 Å². The SMILES string of the molecule is CN(C(N)=NCc1ncccc1F)C1CC1. The molecule has 4 nitrogen and oxygen atoms in total. The number of aromatic nitrogens is 1. The number of nitrogens with two attached hydrogens (primary N) is 1. The van der Waals surface area contributed by atoms with E-state index in [1.807, 2.05) is 11.9 Å². The van der Waals surface area contributed by atoms with Crippen molar-refractivity contribution in [2.24, 2.45) is 10.7 Å². The van der Waals surface area contributed by atoms with Crippen molar-refractivity contribution >= 4 is 5.96 Å². The van der Waals surface area contributed by atoms with E-state index in [-0.39, 0.29) is 12.4 Å². The Bertz CT molecular complexity index is 401. The van der Waals surface area contributed by atoms with Crippen LogP contribution in [0.25, 0.3) is 0 Å². The van der Waals surface area contributed by atoms with Crippen LogP contribution in [0.1, 0.15) is 18.5 Å². The van der Waals surface area contributed by atoms with Gasteiger partial charge in [-0.3, -0.25) is 4.98 Å². The summed E-state index contributed by atoms with van der Waals surface area (Å²) in [5.41, 5.74) is 6.11. The number of aliphatic imine (C=N–C) groups is 1. The maximum Gasteiger partial charge on any atom is 0.191 e. The van der Waals surface area contributed by atoms with Gasteiger partial charge in [0.1, 0.15) is 5.82 Å². The van der Waals surface area contributed by atoms with Gasteiger partial charge in [-0.1, -0.05) is 0 Å². The molecular weight excluding hydrogens is 207 g/mol. The van der Waals surface area contributed by atoms with Crippen LogP contribution in [0.15, 0.2) is 23.3 Å². The summed E-state index contributed by atoms with van der Waals surface area (Å²) >= 11 is 0. The maximum atomic E-state index is 13.2. The van der Waals surface area contributed by atoms with Crippen LogP contribution in [-0.4, -0.2) is 28.9 Å². The first-order chi connectivity index (χ1) is 7.68. The summed E-state index contributed by atoms with van der Waals surface area (Å²) < 4.78 is 13.2. The van der Waals surface area contributed by atoms with Crippen molar-refractivity contribution in [3.63, 3.8) is 0 Å². The highest BCUT2D eigenvalue weighted by Gasteiger charge is 2.27. The number of halogens is 1. The van der Waals surface area contributed by atoms with Gasteiger partial charge in [0.2, 0.25) is 0 Å². The van der Waals surface area contributed by atoms with Crippen LogP contribution in [0.5, 0.6) is 0 Å². The van der Waals surface area contributed by atoms with Crippen molar-refractivity contribution in [1.29, 1.82) is 0 Å². The van der Waals surface area contributed by atoms with Gasteiger partial charge in [-0.2, -0.15) is 0 Å². The number of pyridine rings is 1. The number of hydrogen-bond donors (Lipinski definition) is 1. The number of guanidine groups is 1. The highest BCUT2D eigenvalue weighted by molar-refractivity contribution is 5.78. The van der Waals surface area contributed by atoms with E-state index >= 15 is 0 Å². The first-order valence-corrected chi connectivity index (χ1v) is 5.30. The van der Waals surface area contributed by atoms with Crippen molar-refractivity contribution in [2.75, 3.05) is 7.05 Å². The highest BCUT2D eigenvalue weighted by atomic mass is 19.1. The topological polar surface area (TPSA) is 54.5 Å². The van der Waals surface area contributed by atoms with Crippen LogP contribution in [-0.2, 0) is 6.54 Å².